The summed E-state index contributed by atoms with van der Waals surface area (Å²) in [5, 5.41) is 0.680. The van der Waals surface area contributed by atoms with Crippen molar-refractivity contribution in [3.05, 3.63) is 21.8 Å². The summed E-state index contributed by atoms with van der Waals surface area (Å²) in [7, 11) is 2.02. The lowest BCUT2D eigenvalue weighted by molar-refractivity contribution is 0.503. The fourth-order valence-corrected chi connectivity index (χ4v) is 2.07. The number of pyridine rings is 1. The number of hydrogen-bond donors (Lipinski definition) is 0. The Morgan fingerprint density at radius 1 is 1.40 bits per heavy atom. The van der Waals surface area contributed by atoms with Crippen LogP contribution in [0, 0.1) is 5.92 Å². The van der Waals surface area contributed by atoms with Crippen molar-refractivity contribution in [3.8, 4) is 0 Å². The SMILES string of the molecule is CC(C)C(C)N(C)c1ncc(Br)cc1Cl. The van der Waals surface area contributed by atoms with Gasteiger partial charge in [-0.1, -0.05) is 25.4 Å². The van der Waals surface area contributed by atoms with Crippen molar-refractivity contribution in [1.29, 1.82) is 0 Å². The highest BCUT2D eigenvalue weighted by atomic mass is 79.9. The van der Waals surface area contributed by atoms with Gasteiger partial charge in [-0.2, -0.15) is 0 Å². The summed E-state index contributed by atoms with van der Waals surface area (Å²) in [5.41, 5.74) is 0. The van der Waals surface area contributed by atoms with Gasteiger partial charge in [-0.3, -0.25) is 0 Å². The molecule has 0 saturated heterocycles. The smallest absolute Gasteiger partial charge is 0.147 e. The molecule has 0 saturated carbocycles. The Balaban J connectivity index is 2.96. The highest BCUT2D eigenvalue weighted by Crippen LogP contribution is 2.27. The van der Waals surface area contributed by atoms with Crippen LogP contribution in [-0.4, -0.2) is 18.1 Å². The van der Waals surface area contributed by atoms with Crippen molar-refractivity contribution in [1.82, 2.24) is 4.98 Å². The minimum absolute atomic E-state index is 0.413. The first kappa shape index (κ1) is 12.8. The van der Waals surface area contributed by atoms with Gasteiger partial charge in [-0.05, 0) is 34.8 Å². The van der Waals surface area contributed by atoms with Crippen molar-refractivity contribution >= 4 is 33.3 Å². The normalized spacial score (nSPS) is 13.0. The van der Waals surface area contributed by atoms with Crippen molar-refractivity contribution in [2.24, 2.45) is 5.92 Å². The number of hydrogen-bond acceptors (Lipinski definition) is 2. The molecule has 15 heavy (non-hydrogen) atoms. The third-order valence-corrected chi connectivity index (χ3v) is 3.41. The van der Waals surface area contributed by atoms with Crippen LogP contribution in [-0.2, 0) is 0 Å². The Labute approximate surface area is 105 Å². The first-order valence-electron chi connectivity index (χ1n) is 4.97. The molecule has 1 aromatic heterocycles. The van der Waals surface area contributed by atoms with E-state index in [9.17, 15) is 0 Å². The van der Waals surface area contributed by atoms with Gasteiger partial charge in [0.25, 0.3) is 0 Å². The van der Waals surface area contributed by atoms with Crippen LogP contribution in [0.3, 0.4) is 0 Å². The molecule has 1 atom stereocenters. The van der Waals surface area contributed by atoms with Crippen LogP contribution < -0.4 is 4.90 Å². The van der Waals surface area contributed by atoms with Crippen LogP contribution in [0.2, 0.25) is 5.02 Å². The highest BCUT2D eigenvalue weighted by Gasteiger charge is 2.17. The van der Waals surface area contributed by atoms with Gasteiger partial charge in [-0.25, -0.2) is 4.98 Å². The molecule has 0 radical (unpaired) electrons. The molecular formula is C11H16BrClN2. The second-order valence-electron chi connectivity index (χ2n) is 4.05. The predicted molar refractivity (Wildman–Crippen MR) is 69.7 cm³/mol. The molecule has 0 N–H and O–H groups in total. The van der Waals surface area contributed by atoms with Gasteiger partial charge in [-0.15, -0.1) is 0 Å². The van der Waals surface area contributed by atoms with E-state index in [0.29, 0.717) is 17.0 Å². The highest BCUT2D eigenvalue weighted by molar-refractivity contribution is 9.10. The van der Waals surface area contributed by atoms with E-state index < -0.39 is 0 Å². The summed E-state index contributed by atoms with van der Waals surface area (Å²) in [6.45, 7) is 6.55. The molecule has 1 unspecified atom stereocenters. The molecule has 0 spiro atoms. The summed E-state index contributed by atoms with van der Waals surface area (Å²) in [6, 6.07) is 2.28. The topological polar surface area (TPSA) is 16.1 Å². The van der Waals surface area contributed by atoms with Crippen molar-refractivity contribution in [2.45, 2.75) is 26.8 Å². The maximum absolute atomic E-state index is 6.14. The molecule has 2 nitrogen and oxygen atoms in total. The molecule has 1 rings (SSSR count). The van der Waals surface area contributed by atoms with Gasteiger partial charge in [0.2, 0.25) is 0 Å². The Bertz CT molecular complexity index is 341. The molecular weight excluding hydrogens is 275 g/mol. The quantitative estimate of drug-likeness (QED) is 0.837. The van der Waals surface area contributed by atoms with E-state index in [1.807, 2.05) is 13.1 Å². The average Bonchev–Trinajstić information content (AvgIpc) is 2.15. The zero-order chi connectivity index (χ0) is 11.6. The fraction of sp³-hybridized carbons (Fsp3) is 0.545. The standard InChI is InChI=1S/C11H16BrClN2/c1-7(2)8(3)15(4)11-10(13)5-9(12)6-14-11/h5-8H,1-4H3. The molecule has 0 bridgehead atoms. The third-order valence-electron chi connectivity index (χ3n) is 2.70. The monoisotopic (exact) mass is 290 g/mol. The van der Waals surface area contributed by atoms with Crippen molar-refractivity contribution in [3.63, 3.8) is 0 Å². The number of anilines is 1. The van der Waals surface area contributed by atoms with Crippen LogP contribution in [0.5, 0.6) is 0 Å². The zero-order valence-corrected chi connectivity index (χ0v) is 11.8. The van der Waals surface area contributed by atoms with Crippen LogP contribution >= 0.6 is 27.5 Å². The second kappa shape index (κ2) is 5.17. The number of rotatable bonds is 3. The van der Waals surface area contributed by atoms with E-state index in [0.717, 1.165) is 10.3 Å². The largest absolute Gasteiger partial charge is 0.355 e. The minimum atomic E-state index is 0.413. The van der Waals surface area contributed by atoms with Crippen LogP contribution in [0.15, 0.2) is 16.7 Å². The summed E-state index contributed by atoms with van der Waals surface area (Å²) in [4.78, 5) is 6.44. The van der Waals surface area contributed by atoms with Gasteiger partial charge in [0.1, 0.15) is 5.82 Å². The van der Waals surface area contributed by atoms with Gasteiger partial charge >= 0.3 is 0 Å². The Kier molecular flexibility index (Phi) is 4.41. The lowest BCUT2D eigenvalue weighted by Crippen LogP contribution is -2.33. The van der Waals surface area contributed by atoms with Gasteiger partial charge < -0.3 is 4.90 Å². The number of aromatic nitrogens is 1. The minimum Gasteiger partial charge on any atom is -0.355 e. The zero-order valence-electron chi connectivity index (χ0n) is 9.46. The molecule has 1 heterocycles. The molecule has 0 aliphatic rings. The second-order valence-corrected chi connectivity index (χ2v) is 5.38. The summed E-state index contributed by atoms with van der Waals surface area (Å²) in [5.74, 6) is 1.40. The van der Waals surface area contributed by atoms with Crippen molar-refractivity contribution in [2.75, 3.05) is 11.9 Å². The van der Waals surface area contributed by atoms with Gasteiger partial charge in [0, 0.05) is 23.8 Å². The first-order valence-corrected chi connectivity index (χ1v) is 6.14. The average molecular weight is 292 g/mol. The fourth-order valence-electron chi connectivity index (χ4n) is 1.31. The van der Waals surface area contributed by atoms with Crippen LogP contribution in [0.25, 0.3) is 0 Å². The lowest BCUT2D eigenvalue weighted by Gasteiger charge is -2.29. The number of halogens is 2. The molecule has 0 amide bonds. The Hall–Kier alpha value is -0.280. The summed E-state index contributed by atoms with van der Waals surface area (Å²) >= 11 is 9.48. The van der Waals surface area contributed by atoms with Crippen molar-refractivity contribution < 1.29 is 0 Å². The predicted octanol–water partition coefficient (Wildman–Crippen LogP) is 3.98. The molecule has 0 fully saturated rings. The maximum atomic E-state index is 6.14. The molecule has 0 aromatic carbocycles. The van der Waals surface area contributed by atoms with E-state index in [2.05, 4.69) is 46.6 Å². The lowest BCUT2D eigenvalue weighted by atomic mass is 10.1. The molecule has 84 valence electrons. The Morgan fingerprint density at radius 2 is 2.00 bits per heavy atom. The number of nitrogens with zero attached hydrogens (tertiary/aromatic N) is 2. The van der Waals surface area contributed by atoms with E-state index in [1.54, 1.807) is 6.20 Å². The third kappa shape index (κ3) is 3.08. The van der Waals surface area contributed by atoms with Crippen LogP contribution in [0.4, 0.5) is 5.82 Å². The van der Waals surface area contributed by atoms with Gasteiger partial charge in [0.05, 0.1) is 5.02 Å². The molecule has 4 heteroatoms. The first-order chi connectivity index (χ1) is 6.93. The van der Waals surface area contributed by atoms with E-state index in [4.69, 9.17) is 11.6 Å². The maximum Gasteiger partial charge on any atom is 0.147 e. The Morgan fingerprint density at radius 3 is 2.47 bits per heavy atom. The summed E-state index contributed by atoms with van der Waals surface area (Å²) in [6.07, 6.45) is 1.77. The molecule has 0 aliphatic heterocycles. The van der Waals surface area contributed by atoms with E-state index in [-0.39, 0.29) is 0 Å². The molecule has 1 aromatic rings. The molecule has 0 aliphatic carbocycles. The van der Waals surface area contributed by atoms with Gasteiger partial charge in [0.15, 0.2) is 0 Å². The van der Waals surface area contributed by atoms with E-state index >= 15 is 0 Å². The van der Waals surface area contributed by atoms with Crippen LogP contribution in [0.1, 0.15) is 20.8 Å². The summed E-state index contributed by atoms with van der Waals surface area (Å²) < 4.78 is 0.904. The van der Waals surface area contributed by atoms with E-state index in [1.165, 1.54) is 0 Å².